The fourth-order valence-corrected chi connectivity index (χ4v) is 2.62. The molecular formula is C19H23NO2. The summed E-state index contributed by atoms with van der Waals surface area (Å²) in [4.78, 5) is 12.6. The molecule has 0 aliphatic heterocycles. The highest BCUT2D eigenvalue weighted by Crippen LogP contribution is 2.23. The Labute approximate surface area is 132 Å². The van der Waals surface area contributed by atoms with Crippen molar-refractivity contribution in [1.82, 2.24) is 4.90 Å². The molecule has 1 N–H and O–H groups in total. The topological polar surface area (TPSA) is 40.5 Å². The molecule has 0 atom stereocenters. The molecule has 0 saturated heterocycles. The number of carboxylic acids is 1. The van der Waals surface area contributed by atoms with Crippen molar-refractivity contribution in [3.05, 3.63) is 59.2 Å². The molecule has 2 aromatic carbocycles. The fourth-order valence-electron chi connectivity index (χ4n) is 2.62. The Morgan fingerprint density at radius 1 is 1.00 bits per heavy atom. The molecule has 0 saturated carbocycles. The number of nitrogens with zero attached hydrogens (tertiary/aromatic N) is 1. The summed E-state index contributed by atoms with van der Waals surface area (Å²) in [5.74, 6) is -0.753. The molecular weight excluding hydrogens is 274 g/mol. The monoisotopic (exact) mass is 297 g/mol. The van der Waals surface area contributed by atoms with Crippen LogP contribution in [-0.2, 0) is 11.3 Å². The number of carboxylic acid groups (broad SMARTS) is 1. The van der Waals surface area contributed by atoms with Crippen LogP contribution in [0.5, 0.6) is 0 Å². The largest absolute Gasteiger partial charge is 0.481 e. The molecule has 0 heterocycles. The van der Waals surface area contributed by atoms with Crippen LogP contribution in [0.25, 0.3) is 11.1 Å². The number of carbonyl (C=O) groups is 1. The average Bonchev–Trinajstić information content (AvgIpc) is 2.45. The van der Waals surface area contributed by atoms with E-state index in [1.807, 2.05) is 11.9 Å². The Morgan fingerprint density at radius 3 is 2.14 bits per heavy atom. The van der Waals surface area contributed by atoms with E-state index in [4.69, 9.17) is 5.11 Å². The van der Waals surface area contributed by atoms with Gasteiger partial charge in [0.25, 0.3) is 0 Å². The lowest BCUT2D eigenvalue weighted by molar-refractivity contribution is -0.137. The summed E-state index contributed by atoms with van der Waals surface area (Å²) < 4.78 is 0. The van der Waals surface area contributed by atoms with Crippen molar-refractivity contribution in [2.24, 2.45) is 0 Å². The zero-order valence-electron chi connectivity index (χ0n) is 13.5. The van der Waals surface area contributed by atoms with Crippen LogP contribution in [0.2, 0.25) is 0 Å². The van der Waals surface area contributed by atoms with Gasteiger partial charge in [-0.3, -0.25) is 4.79 Å². The van der Waals surface area contributed by atoms with E-state index in [0.717, 1.165) is 6.54 Å². The summed E-state index contributed by atoms with van der Waals surface area (Å²) in [6.45, 7) is 5.55. The van der Waals surface area contributed by atoms with Crippen molar-refractivity contribution in [2.75, 3.05) is 13.6 Å². The highest BCUT2D eigenvalue weighted by Gasteiger charge is 2.05. The third kappa shape index (κ3) is 4.71. The molecule has 0 spiro atoms. The van der Waals surface area contributed by atoms with Crippen LogP contribution in [0.3, 0.4) is 0 Å². The molecule has 0 aliphatic rings. The van der Waals surface area contributed by atoms with E-state index in [1.54, 1.807) is 0 Å². The molecule has 3 heteroatoms. The maximum absolute atomic E-state index is 10.6. The van der Waals surface area contributed by atoms with Gasteiger partial charge in [0, 0.05) is 13.1 Å². The molecule has 0 aliphatic carbocycles. The van der Waals surface area contributed by atoms with Crippen molar-refractivity contribution in [1.29, 1.82) is 0 Å². The quantitative estimate of drug-likeness (QED) is 0.879. The van der Waals surface area contributed by atoms with Crippen LogP contribution in [0, 0.1) is 13.8 Å². The van der Waals surface area contributed by atoms with Crippen molar-refractivity contribution < 1.29 is 9.90 Å². The molecule has 0 fully saturated rings. The number of aryl methyl sites for hydroxylation is 2. The normalized spacial score (nSPS) is 10.9. The summed E-state index contributed by atoms with van der Waals surface area (Å²) in [6, 6.07) is 15.1. The first-order chi connectivity index (χ1) is 10.4. The average molecular weight is 297 g/mol. The molecule has 2 aromatic rings. The lowest BCUT2D eigenvalue weighted by Crippen LogP contribution is -2.21. The van der Waals surface area contributed by atoms with Crippen molar-refractivity contribution >= 4 is 5.97 Å². The maximum Gasteiger partial charge on any atom is 0.304 e. The molecule has 22 heavy (non-hydrogen) atoms. The van der Waals surface area contributed by atoms with Crippen LogP contribution in [0.4, 0.5) is 0 Å². The van der Waals surface area contributed by atoms with Gasteiger partial charge in [0.05, 0.1) is 6.42 Å². The SMILES string of the molecule is Cc1cc(C)cc(-c2ccc(CN(C)CCC(=O)O)cc2)c1. The van der Waals surface area contributed by atoms with Gasteiger partial charge in [-0.1, -0.05) is 53.6 Å². The lowest BCUT2D eigenvalue weighted by atomic mass is 10.00. The second-order valence-corrected chi connectivity index (χ2v) is 5.95. The van der Waals surface area contributed by atoms with E-state index in [1.165, 1.54) is 27.8 Å². The third-order valence-electron chi connectivity index (χ3n) is 3.67. The van der Waals surface area contributed by atoms with Gasteiger partial charge in [0.15, 0.2) is 0 Å². The van der Waals surface area contributed by atoms with Crippen molar-refractivity contribution in [2.45, 2.75) is 26.8 Å². The number of hydrogen-bond acceptors (Lipinski definition) is 2. The first kappa shape index (κ1) is 16.2. The fraction of sp³-hybridized carbons (Fsp3) is 0.316. The summed E-state index contributed by atoms with van der Waals surface area (Å²) in [5, 5.41) is 8.71. The van der Waals surface area contributed by atoms with E-state index in [2.05, 4.69) is 56.3 Å². The summed E-state index contributed by atoms with van der Waals surface area (Å²) in [5.41, 5.74) is 6.19. The zero-order valence-corrected chi connectivity index (χ0v) is 13.5. The third-order valence-corrected chi connectivity index (χ3v) is 3.67. The van der Waals surface area contributed by atoms with E-state index < -0.39 is 5.97 Å². The molecule has 116 valence electrons. The first-order valence-electron chi connectivity index (χ1n) is 7.52. The van der Waals surface area contributed by atoms with E-state index >= 15 is 0 Å². The molecule has 2 rings (SSSR count). The van der Waals surface area contributed by atoms with Gasteiger partial charge < -0.3 is 10.0 Å². The highest BCUT2D eigenvalue weighted by atomic mass is 16.4. The Hall–Kier alpha value is -2.13. The van der Waals surface area contributed by atoms with Crippen molar-refractivity contribution in [3.63, 3.8) is 0 Å². The Bertz CT molecular complexity index is 627. The summed E-state index contributed by atoms with van der Waals surface area (Å²) in [6.07, 6.45) is 0.178. The van der Waals surface area contributed by atoms with Gasteiger partial charge in [0.1, 0.15) is 0 Å². The first-order valence-corrected chi connectivity index (χ1v) is 7.52. The number of benzene rings is 2. The minimum Gasteiger partial charge on any atom is -0.481 e. The molecule has 0 radical (unpaired) electrons. The smallest absolute Gasteiger partial charge is 0.304 e. The predicted octanol–water partition coefficient (Wildman–Crippen LogP) is 3.88. The molecule has 3 nitrogen and oxygen atoms in total. The highest BCUT2D eigenvalue weighted by molar-refractivity contribution is 5.67. The minimum absolute atomic E-state index is 0.178. The van der Waals surface area contributed by atoms with Gasteiger partial charge in [-0.15, -0.1) is 0 Å². The van der Waals surface area contributed by atoms with Crippen LogP contribution >= 0.6 is 0 Å². The Balaban J connectivity index is 2.05. The number of aliphatic carboxylic acids is 1. The van der Waals surface area contributed by atoms with E-state index in [-0.39, 0.29) is 6.42 Å². The minimum atomic E-state index is -0.753. The second-order valence-electron chi connectivity index (χ2n) is 5.95. The van der Waals surface area contributed by atoms with Gasteiger partial charge in [-0.05, 0) is 37.6 Å². The Kier molecular flexibility index (Phi) is 5.34. The maximum atomic E-state index is 10.6. The van der Waals surface area contributed by atoms with E-state index in [0.29, 0.717) is 6.54 Å². The summed E-state index contributed by atoms with van der Waals surface area (Å²) >= 11 is 0. The molecule has 0 aromatic heterocycles. The van der Waals surface area contributed by atoms with Gasteiger partial charge in [0.2, 0.25) is 0 Å². The number of rotatable bonds is 6. The molecule has 0 bridgehead atoms. The zero-order chi connectivity index (χ0) is 16.1. The van der Waals surface area contributed by atoms with E-state index in [9.17, 15) is 4.79 Å². The predicted molar refractivity (Wildman–Crippen MR) is 89.9 cm³/mol. The van der Waals surface area contributed by atoms with Crippen LogP contribution in [-0.4, -0.2) is 29.6 Å². The van der Waals surface area contributed by atoms with Gasteiger partial charge in [-0.25, -0.2) is 0 Å². The van der Waals surface area contributed by atoms with Gasteiger partial charge in [-0.2, -0.15) is 0 Å². The lowest BCUT2D eigenvalue weighted by Gasteiger charge is -2.15. The van der Waals surface area contributed by atoms with Crippen LogP contribution < -0.4 is 0 Å². The van der Waals surface area contributed by atoms with Crippen LogP contribution in [0.1, 0.15) is 23.1 Å². The van der Waals surface area contributed by atoms with Gasteiger partial charge >= 0.3 is 5.97 Å². The standard InChI is InChI=1S/C19H23NO2/c1-14-10-15(2)12-18(11-14)17-6-4-16(5-7-17)13-20(3)9-8-19(21)22/h4-7,10-12H,8-9,13H2,1-3H3,(H,21,22). The number of hydrogen-bond donors (Lipinski definition) is 1. The second kappa shape index (κ2) is 7.23. The Morgan fingerprint density at radius 2 is 1.59 bits per heavy atom. The summed E-state index contributed by atoms with van der Waals surface area (Å²) in [7, 11) is 1.95. The molecule has 0 unspecified atom stereocenters. The van der Waals surface area contributed by atoms with Crippen LogP contribution in [0.15, 0.2) is 42.5 Å². The van der Waals surface area contributed by atoms with Crippen molar-refractivity contribution in [3.8, 4) is 11.1 Å². The molecule has 0 amide bonds.